The van der Waals surface area contributed by atoms with Crippen molar-refractivity contribution in [3.63, 3.8) is 0 Å². The highest BCUT2D eigenvalue weighted by Crippen LogP contribution is 2.26. The van der Waals surface area contributed by atoms with Gasteiger partial charge in [0.2, 0.25) is 0 Å². The number of furan rings is 1. The van der Waals surface area contributed by atoms with Crippen LogP contribution >= 0.6 is 11.3 Å². The molecule has 2 nitrogen and oxygen atoms in total. The van der Waals surface area contributed by atoms with Crippen LogP contribution in [0, 0.1) is 6.92 Å². The monoisotopic (exact) mass is 221 g/mol. The van der Waals surface area contributed by atoms with E-state index < -0.39 is 0 Å². The minimum absolute atomic E-state index is 0.264. The van der Waals surface area contributed by atoms with Gasteiger partial charge in [0.1, 0.15) is 5.76 Å². The van der Waals surface area contributed by atoms with Crippen molar-refractivity contribution < 1.29 is 4.42 Å². The number of rotatable bonds is 4. The summed E-state index contributed by atoms with van der Waals surface area (Å²) < 4.78 is 5.35. The Balaban J connectivity index is 2.32. The Morgan fingerprint density at radius 1 is 1.47 bits per heavy atom. The van der Waals surface area contributed by atoms with Gasteiger partial charge < -0.3 is 9.73 Å². The van der Waals surface area contributed by atoms with Gasteiger partial charge in [-0.05, 0) is 41.9 Å². The zero-order valence-corrected chi connectivity index (χ0v) is 9.80. The summed E-state index contributed by atoms with van der Waals surface area (Å²) in [6.07, 6.45) is 1.75. The molecule has 1 atom stereocenters. The van der Waals surface area contributed by atoms with Gasteiger partial charge in [-0.15, -0.1) is 0 Å². The average Bonchev–Trinajstić information content (AvgIpc) is 2.85. The summed E-state index contributed by atoms with van der Waals surface area (Å²) in [6, 6.07) is 4.46. The van der Waals surface area contributed by atoms with Crippen molar-refractivity contribution in [1.82, 2.24) is 5.32 Å². The first kappa shape index (κ1) is 10.5. The maximum Gasteiger partial charge on any atom is 0.105 e. The van der Waals surface area contributed by atoms with E-state index in [4.69, 9.17) is 4.42 Å². The lowest BCUT2D eigenvalue weighted by atomic mass is 10.0. The molecule has 1 N–H and O–H groups in total. The molecule has 0 bridgehead atoms. The highest BCUT2D eigenvalue weighted by atomic mass is 32.1. The Morgan fingerprint density at radius 2 is 2.33 bits per heavy atom. The summed E-state index contributed by atoms with van der Waals surface area (Å²) in [7, 11) is 0. The normalized spacial score (nSPS) is 12.9. The molecule has 0 aromatic carbocycles. The lowest BCUT2D eigenvalue weighted by Gasteiger charge is -2.16. The molecule has 2 rings (SSSR count). The molecule has 0 radical (unpaired) electrons. The number of thiophene rings is 1. The molecule has 80 valence electrons. The van der Waals surface area contributed by atoms with Crippen molar-refractivity contribution in [3.8, 4) is 0 Å². The van der Waals surface area contributed by atoms with E-state index in [1.165, 1.54) is 11.1 Å². The number of nitrogens with one attached hydrogen (secondary N) is 1. The molecule has 2 heterocycles. The fourth-order valence-corrected chi connectivity index (χ4v) is 2.43. The second-order valence-electron chi connectivity index (χ2n) is 3.48. The van der Waals surface area contributed by atoms with Crippen molar-refractivity contribution in [2.45, 2.75) is 19.9 Å². The third kappa shape index (κ3) is 2.13. The SMILES string of the molecule is CCNC(c1ccsc1)c1ccoc1C. The van der Waals surface area contributed by atoms with Gasteiger partial charge in [-0.2, -0.15) is 11.3 Å². The van der Waals surface area contributed by atoms with E-state index in [-0.39, 0.29) is 6.04 Å². The molecule has 0 aliphatic heterocycles. The van der Waals surface area contributed by atoms with Crippen molar-refractivity contribution in [2.75, 3.05) is 6.54 Å². The maximum absolute atomic E-state index is 5.35. The zero-order chi connectivity index (χ0) is 10.7. The van der Waals surface area contributed by atoms with E-state index in [0.29, 0.717) is 0 Å². The van der Waals surface area contributed by atoms with Gasteiger partial charge in [0.25, 0.3) is 0 Å². The predicted molar refractivity (Wildman–Crippen MR) is 63.3 cm³/mol. The molecule has 1 unspecified atom stereocenters. The zero-order valence-electron chi connectivity index (χ0n) is 8.99. The first-order valence-corrected chi connectivity index (χ1v) is 6.06. The van der Waals surface area contributed by atoms with Crippen LogP contribution in [0.3, 0.4) is 0 Å². The number of aryl methyl sites for hydroxylation is 1. The van der Waals surface area contributed by atoms with Gasteiger partial charge in [0.15, 0.2) is 0 Å². The second kappa shape index (κ2) is 4.64. The molecule has 2 aromatic rings. The molecule has 3 heteroatoms. The van der Waals surface area contributed by atoms with Crippen LogP contribution in [-0.4, -0.2) is 6.54 Å². The van der Waals surface area contributed by atoms with Gasteiger partial charge in [0, 0.05) is 5.56 Å². The Morgan fingerprint density at radius 3 is 2.87 bits per heavy atom. The second-order valence-corrected chi connectivity index (χ2v) is 4.26. The van der Waals surface area contributed by atoms with Crippen LogP contribution in [0.1, 0.15) is 29.9 Å². The molecule has 0 saturated carbocycles. The lowest BCUT2D eigenvalue weighted by molar-refractivity contribution is 0.520. The Hall–Kier alpha value is -1.06. The first-order chi connectivity index (χ1) is 7.33. The molecular formula is C12H15NOS. The quantitative estimate of drug-likeness (QED) is 0.856. The fraction of sp³-hybridized carbons (Fsp3) is 0.333. The van der Waals surface area contributed by atoms with Gasteiger partial charge >= 0.3 is 0 Å². The molecule has 0 saturated heterocycles. The molecule has 0 spiro atoms. The van der Waals surface area contributed by atoms with E-state index >= 15 is 0 Å². The molecule has 2 aromatic heterocycles. The van der Waals surface area contributed by atoms with Crippen LogP contribution in [0.2, 0.25) is 0 Å². The van der Waals surface area contributed by atoms with Crippen molar-refractivity contribution >= 4 is 11.3 Å². The number of hydrogen-bond acceptors (Lipinski definition) is 3. The summed E-state index contributed by atoms with van der Waals surface area (Å²) >= 11 is 1.73. The molecule has 0 aliphatic rings. The summed E-state index contributed by atoms with van der Waals surface area (Å²) in [5.41, 5.74) is 2.54. The van der Waals surface area contributed by atoms with E-state index in [9.17, 15) is 0 Å². The van der Waals surface area contributed by atoms with Crippen LogP contribution in [0.15, 0.2) is 33.6 Å². The van der Waals surface area contributed by atoms with E-state index in [1.807, 2.05) is 13.0 Å². The highest BCUT2D eigenvalue weighted by Gasteiger charge is 2.16. The maximum atomic E-state index is 5.35. The Kier molecular flexibility index (Phi) is 3.23. The lowest BCUT2D eigenvalue weighted by Crippen LogP contribution is -2.21. The molecular weight excluding hydrogens is 206 g/mol. The van der Waals surface area contributed by atoms with Crippen LogP contribution < -0.4 is 5.32 Å². The van der Waals surface area contributed by atoms with E-state index in [2.05, 4.69) is 29.1 Å². The summed E-state index contributed by atoms with van der Waals surface area (Å²) in [5.74, 6) is 0.993. The Bertz CT molecular complexity index is 405. The van der Waals surface area contributed by atoms with Crippen LogP contribution in [-0.2, 0) is 0 Å². The van der Waals surface area contributed by atoms with Crippen LogP contribution in [0.4, 0.5) is 0 Å². The van der Waals surface area contributed by atoms with Gasteiger partial charge in [-0.1, -0.05) is 6.92 Å². The van der Waals surface area contributed by atoms with Gasteiger partial charge in [-0.3, -0.25) is 0 Å². The highest BCUT2D eigenvalue weighted by molar-refractivity contribution is 7.08. The third-order valence-electron chi connectivity index (χ3n) is 2.49. The summed E-state index contributed by atoms with van der Waals surface area (Å²) in [5, 5.41) is 7.76. The van der Waals surface area contributed by atoms with E-state index in [1.54, 1.807) is 17.6 Å². The minimum Gasteiger partial charge on any atom is -0.469 e. The van der Waals surface area contributed by atoms with Gasteiger partial charge in [-0.25, -0.2) is 0 Å². The van der Waals surface area contributed by atoms with Crippen molar-refractivity contribution in [1.29, 1.82) is 0 Å². The first-order valence-electron chi connectivity index (χ1n) is 5.12. The largest absolute Gasteiger partial charge is 0.469 e. The van der Waals surface area contributed by atoms with E-state index in [0.717, 1.165) is 12.3 Å². The summed E-state index contributed by atoms with van der Waals surface area (Å²) in [4.78, 5) is 0. The molecule has 15 heavy (non-hydrogen) atoms. The fourth-order valence-electron chi connectivity index (χ4n) is 1.75. The van der Waals surface area contributed by atoms with Gasteiger partial charge in [0.05, 0.1) is 12.3 Å². The predicted octanol–water partition coefficient (Wildman–Crippen LogP) is 3.35. The topological polar surface area (TPSA) is 25.2 Å². The minimum atomic E-state index is 0.264. The van der Waals surface area contributed by atoms with Crippen molar-refractivity contribution in [2.24, 2.45) is 0 Å². The Labute approximate surface area is 93.9 Å². The number of hydrogen-bond donors (Lipinski definition) is 1. The molecule has 0 aliphatic carbocycles. The van der Waals surface area contributed by atoms with Crippen LogP contribution in [0.25, 0.3) is 0 Å². The van der Waals surface area contributed by atoms with Crippen molar-refractivity contribution in [3.05, 3.63) is 46.0 Å². The molecule has 0 amide bonds. The van der Waals surface area contributed by atoms with Crippen LogP contribution in [0.5, 0.6) is 0 Å². The summed E-state index contributed by atoms with van der Waals surface area (Å²) in [6.45, 7) is 5.08. The standard InChI is InChI=1S/C12H15NOS/c1-3-13-12(10-5-7-15-8-10)11-4-6-14-9(11)2/h4-8,12-13H,3H2,1-2H3. The average molecular weight is 221 g/mol. The molecule has 0 fully saturated rings. The smallest absolute Gasteiger partial charge is 0.105 e. The third-order valence-corrected chi connectivity index (χ3v) is 3.20.